The molecule has 3 heterocycles. The number of halogens is 1. The van der Waals surface area contributed by atoms with Gasteiger partial charge in [0.1, 0.15) is 9.98 Å². The van der Waals surface area contributed by atoms with E-state index in [1.54, 1.807) is 22.7 Å². The average molecular weight is 253 g/mol. The van der Waals surface area contributed by atoms with Crippen LogP contribution in [0.5, 0.6) is 0 Å². The first-order valence-electron chi connectivity index (χ1n) is 4.29. The summed E-state index contributed by atoms with van der Waals surface area (Å²) < 4.78 is 0. The minimum atomic E-state index is 0.532. The molecule has 74 valence electrons. The highest BCUT2D eigenvalue weighted by molar-refractivity contribution is 7.17. The van der Waals surface area contributed by atoms with Gasteiger partial charge in [0, 0.05) is 5.39 Å². The molecule has 3 aromatic heterocycles. The van der Waals surface area contributed by atoms with Gasteiger partial charge >= 0.3 is 0 Å². The van der Waals surface area contributed by atoms with Crippen LogP contribution in [0.15, 0.2) is 29.0 Å². The second kappa shape index (κ2) is 3.56. The van der Waals surface area contributed by atoms with Crippen LogP contribution in [0.1, 0.15) is 0 Å². The lowest BCUT2D eigenvalue weighted by molar-refractivity contribution is 1.25. The van der Waals surface area contributed by atoms with E-state index < -0.39 is 0 Å². The number of thiophene rings is 2. The van der Waals surface area contributed by atoms with E-state index in [0.717, 1.165) is 15.1 Å². The second-order valence-corrected chi connectivity index (χ2v) is 5.16. The van der Waals surface area contributed by atoms with Crippen LogP contribution in [0.3, 0.4) is 0 Å². The van der Waals surface area contributed by atoms with Crippen molar-refractivity contribution in [2.24, 2.45) is 0 Å². The molecule has 0 N–H and O–H groups in total. The van der Waals surface area contributed by atoms with Gasteiger partial charge in [0.05, 0.1) is 4.88 Å². The van der Waals surface area contributed by atoms with Crippen molar-refractivity contribution in [2.45, 2.75) is 0 Å². The summed E-state index contributed by atoms with van der Waals surface area (Å²) in [6.45, 7) is 0. The van der Waals surface area contributed by atoms with E-state index in [9.17, 15) is 0 Å². The van der Waals surface area contributed by atoms with Crippen molar-refractivity contribution in [1.29, 1.82) is 0 Å². The Morgan fingerprint density at radius 1 is 1.07 bits per heavy atom. The number of rotatable bonds is 1. The first-order chi connectivity index (χ1) is 7.34. The average Bonchev–Trinajstić information content (AvgIpc) is 2.88. The molecule has 3 aromatic rings. The van der Waals surface area contributed by atoms with E-state index in [2.05, 4.69) is 9.97 Å². The van der Waals surface area contributed by atoms with E-state index in [1.165, 1.54) is 0 Å². The van der Waals surface area contributed by atoms with E-state index in [0.29, 0.717) is 11.0 Å². The number of hydrogen-bond acceptors (Lipinski definition) is 4. The van der Waals surface area contributed by atoms with Crippen molar-refractivity contribution in [3.05, 3.63) is 34.1 Å². The molecule has 0 aromatic carbocycles. The molecular weight excluding hydrogens is 248 g/mol. The summed E-state index contributed by atoms with van der Waals surface area (Å²) in [6.07, 6.45) is 0. The van der Waals surface area contributed by atoms with Gasteiger partial charge in [-0.2, -0.15) is 0 Å². The van der Waals surface area contributed by atoms with E-state index in [-0.39, 0.29) is 0 Å². The molecule has 2 nitrogen and oxygen atoms in total. The molecule has 0 aliphatic carbocycles. The molecule has 3 rings (SSSR count). The smallest absolute Gasteiger partial charge is 0.172 e. The third-order valence-corrected chi connectivity index (χ3v) is 3.98. The Morgan fingerprint density at radius 2 is 2.00 bits per heavy atom. The van der Waals surface area contributed by atoms with Gasteiger partial charge in [0.2, 0.25) is 0 Å². The van der Waals surface area contributed by atoms with Gasteiger partial charge in [-0.15, -0.1) is 22.7 Å². The van der Waals surface area contributed by atoms with Crippen LogP contribution in [-0.4, -0.2) is 9.97 Å². The Hall–Kier alpha value is -0.970. The highest BCUT2D eigenvalue weighted by Crippen LogP contribution is 2.29. The fourth-order valence-corrected chi connectivity index (χ4v) is 3.05. The SMILES string of the molecule is Clc1nc(-c2cccs2)nc2sccc12. The highest BCUT2D eigenvalue weighted by Gasteiger charge is 2.08. The van der Waals surface area contributed by atoms with Gasteiger partial charge in [-0.25, -0.2) is 9.97 Å². The molecule has 0 spiro atoms. The molecule has 0 saturated heterocycles. The first kappa shape index (κ1) is 9.27. The Bertz CT molecular complexity index is 601. The van der Waals surface area contributed by atoms with Gasteiger partial charge in [0.25, 0.3) is 0 Å². The minimum absolute atomic E-state index is 0.532. The lowest BCUT2D eigenvalue weighted by Gasteiger charge is -1.97. The fourth-order valence-electron chi connectivity index (χ4n) is 1.34. The molecule has 0 aliphatic rings. The van der Waals surface area contributed by atoms with Crippen LogP contribution in [0, 0.1) is 0 Å². The highest BCUT2D eigenvalue weighted by atomic mass is 35.5. The Balaban J connectivity index is 2.29. The van der Waals surface area contributed by atoms with Crippen molar-refractivity contribution in [3.8, 4) is 10.7 Å². The molecule has 0 amide bonds. The van der Waals surface area contributed by atoms with Crippen molar-refractivity contribution in [1.82, 2.24) is 9.97 Å². The molecule has 0 aliphatic heterocycles. The third kappa shape index (κ3) is 1.55. The normalized spacial score (nSPS) is 11.0. The summed E-state index contributed by atoms with van der Waals surface area (Å²) in [5, 5.41) is 5.45. The molecule has 0 fully saturated rings. The third-order valence-electron chi connectivity index (χ3n) is 2.02. The minimum Gasteiger partial charge on any atom is -0.216 e. The summed E-state index contributed by atoms with van der Waals surface area (Å²) in [5.41, 5.74) is 0. The second-order valence-electron chi connectivity index (χ2n) is 2.95. The number of nitrogens with zero attached hydrogens (tertiary/aromatic N) is 2. The standard InChI is InChI=1S/C10H5ClN2S2/c11-8-6-3-5-15-10(6)13-9(12-8)7-2-1-4-14-7/h1-5H. The summed E-state index contributed by atoms with van der Waals surface area (Å²) in [7, 11) is 0. The molecule has 0 radical (unpaired) electrons. The molecular formula is C10H5ClN2S2. The van der Waals surface area contributed by atoms with Crippen molar-refractivity contribution in [3.63, 3.8) is 0 Å². The summed E-state index contributed by atoms with van der Waals surface area (Å²) in [6, 6.07) is 5.92. The predicted molar refractivity (Wildman–Crippen MR) is 65.7 cm³/mol. The molecule has 0 saturated carbocycles. The lowest BCUT2D eigenvalue weighted by Crippen LogP contribution is -1.86. The van der Waals surface area contributed by atoms with Gasteiger partial charge in [-0.3, -0.25) is 0 Å². The quantitative estimate of drug-likeness (QED) is 0.610. The predicted octanol–water partition coefficient (Wildman–Crippen LogP) is 4.07. The van der Waals surface area contributed by atoms with Gasteiger partial charge in [-0.05, 0) is 22.9 Å². The van der Waals surface area contributed by atoms with Crippen LogP contribution in [0.4, 0.5) is 0 Å². The molecule has 0 unspecified atom stereocenters. The van der Waals surface area contributed by atoms with Gasteiger partial charge in [-0.1, -0.05) is 17.7 Å². The zero-order chi connectivity index (χ0) is 10.3. The zero-order valence-electron chi connectivity index (χ0n) is 7.48. The number of fused-ring (bicyclic) bond motifs is 1. The van der Waals surface area contributed by atoms with E-state index >= 15 is 0 Å². The Labute approximate surface area is 99.2 Å². The maximum atomic E-state index is 6.08. The first-order valence-corrected chi connectivity index (χ1v) is 6.43. The van der Waals surface area contributed by atoms with Crippen molar-refractivity contribution >= 4 is 44.5 Å². The summed E-state index contributed by atoms with van der Waals surface area (Å²) in [5.74, 6) is 0.713. The van der Waals surface area contributed by atoms with Crippen LogP contribution < -0.4 is 0 Å². The van der Waals surface area contributed by atoms with Crippen LogP contribution in [0.25, 0.3) is 20.9 Å². The van der Waals surface area contributed by atoms with Crippen LogP contribution in [0.2, 0.25) is 5.15 Å². The van der Waals surface area contributed by atoms with E-state index in [1.807, 2.05) is 29.0 Å². The van der Waals surface area contributed by atoms with E-state index in [4.69, 9.17) is 11.6 Å². The fraction of sp³-hybridized carbons (Fsp3) is 0. The lowest BCUT2D eigenvalue weighted by atomic mass is 10.4. The molecule has 0 atom stereocenters. The summed E-state index contributed by atoms with van der Waals surface area (Å²) in [4.78, 5) is 10.8. The topological polar surface area (TPSA) is 25.8 Å². The molecule has 5 heteroatoms. The Morgan fingerprint density at radius 3 is 2.80 bits per heavy atom. The van der Waals surface area contributed by atoms with Crippen LogP contribution in [-0.2, 0) is 0 Å². The van der Waals surface area contributed by atoms with Crippen LogP contribution >= 0.6 is 34.3 Å². The maximum absolute atomic E-state index is 6.08. The Kier molecular flexibility index (Phi) is 2.20. The number of aromatic nitrogens is 2. The maximum Gasteiger partial charge on any atom is 0.172 e. The largest absolute Gasteiger partial charge is 0.216 e. The molecule has 15 heavy (non-hydrogen) atoms. The van der Waals surface area contributed by atoms with Gasteiger partial charge < -0.3 is 0 Å². The zero-order valence-corrected chi connectivity index (χ0v) is 9.86. The van der Waals surface area contributed by atoms with Gasteiger partial charge in [0.15, 0.2) is 5.82 Å². The summed E-state index contributed by atoms with van der Waals surface area (Å²) >= 11 is 9.28. The molecule has 0 bridgehead atoms. The monoisotopic (exact) mass is 252 g/mol. The number of hydrogen-bond donors (Lipinski definition) is 0. The van der Waals surface area contributed by atoms with Crippen molar-refractivity contribution in [2.75, 3.05) is 0 Å². The van der Waals surface area contributed by atoms with Crippen molar-refractivity contribution < 1.29 is 0 Å².